The average Bonchev–Trinajstić information content (AvgIpc) is 2.77. The molecule has 2 atom stereocenters. The molecule has 3 rings (SSSR count). The topological polar surface area (TPSA) is 26.0 Å². The number of fused-ring (bicyclic) bond motifs is 1. The number of hydrogen-bond donors (Lipinski definition) is 1. The van der Waals surface area contributed by atoms with Crippen LogP contribution in [0.3, 0.4) is 0 Å². The van der Waals surface area contributed by atoms with Crippen molar-refractivity contribution in [3.8, 4) is 0 Å². The molecule has 1 aliphatic carbocycles. The predicted octanol–water partition coefficient (Wildman–Crippen LogP) is 3.89. The molecule has 1 fully saturated rings. The molecule has 0 amide bonds. The van der Waals surface area contributed by atoms with Crippen molar-refractivity contribution in [1.29, 1.82) is 0 Å². The Morgan fingerprint density at radius 3 is 2.88 bits per heavy atom. The van der Waals surface area contributed by atoms with E-state index in [1.165, 1.54) is 41.3 Å². The molecule has 16 heavy (non-hydrogen) atoms. The Kier molecular flexibility index (Phi) is 2.70. The van der Waals surface area contributed by atoms with Crippen molar-refractivity contribution < 1.29 is 0 Å². The van der Waals surface area contributed by atoms with Crippen molar-refractivity contribution in [2.45, 2.75) is 37.6 Å². The summed E-state index contributed by atoms with van der Waals surface area (Å²) in [5.41, 5.74) is 7.76. The van der Waals surface area contributed by atoms with Crippen LogP contribution >= 0.6 is 11.3 Å². The lowest BCUT2D eigenvalue weighted by Gasteiger charge is -2.29. The summed E-state index contributed by atoms with van der Waals surface area (Å²) in [5.74, 6) is 0.580. The monoisotopic (exact) mass is 231 g/mol. The van der Waals surface area contributed by atoms with Gasteiger partial charge >= 0.3 is 0 Å². The Balaban J connectivity index is 2.07. The van der Waals surface area contributed by atoms with Gasteiger partial charge < -0.3 is 5.73 Å². The molecule has 0 saturated heterocycles. The summed E-state index contributed by atoms with van der Waals surface area (Å²) in [6.45, 7) is 0. The number of nitrogens with two attached hydrogens (primary N) is 1. The predicted molar refractivity (Wildman–Crippen MR) is 71.0 cm³/mol. The maximum absolute atomic E-state index is 6.28. The summed E-state index contributed by atoms with van der Waals surface area (Å²) in [6.07, 6.45) is 5.09. The molecule has 0 bridgehead atoms. The Bertz CT molecular complexity index is 488. The zero-order valence-electron chi connectivity index (χ0n) is 9.36. The fourth-order valence-electron chi connectivity index (χ4n) is 2.85. The number of benzene rings is 1. The van der Waals surface area contributed by atoms with Gasteiger partial charge in [0.05, 0.1) is 0 Å². The molecule has 2 unspecified atom stereocenters. The molecule has 84 valence electrons. The van der Waals surface area contributed by atoms with E-state index in [0.29, 0.717) is 12.0 Å². The first-order chi connectivity index (χ1) is 7.86. The Morgan fingerprint density at radius 2 is 2.00 bits per heavy atom. The number of rotatable bonds is 1. The second kappa shape index (κ2) is 4.19. The first kappa shape index (κ1) is 10.3. The Labute approximate surface area is 100 Å². The molecule has 2 aromatic rings. The van der Waals surface area contributed by atoms with Gasteiger partial charge in [-0.25, -0.2) is 0 Å². The lowest BCUT2D eigenvalue weighted by molar-refractivity contribution is 0.387. The number of thiophene rings is 1. The zero-order chi connectivity index (χ0) is 11.0. The fourth-order valence-corrected chi connectivity index (χ4v) is 3.83. The first-order valence-corrected chi connectivity index (χ1v) is 6.96. The van der Waals surface area contributed by atoms with E-state index in [9.17, 15) is 0 Å². The third-order valence-corrected chi connectivity index (χ3v) is 4.71. The number of hydrogen-bond acceptors (Lipinski definition) is 2. The molecule has 1 saturated carbocycles. The van der Waals surface area contributed by atoms with Crippen molar-refractivity contribution >= 4 is 21.4 Å². The van der Waals surface area contributed by atoms with E-state index in [1.807, 2.05) is 11.3 Å². The zero-order valence-corrected chi connectivity index (χ0v) is 10.2. The van der Waals surface area contributed by atoms with Crippen molar-refractivity contribution in [2.75, 3.05) is 0 Å². The lowest BCUT2D eigenvalue weighted by Crippen LogP contribution is -2.31. The molecular weight excluding hydrogens is 214 g/mol. The van der Waals surface area contributed by atoms with Crippen LogP contribution in [0.5, 0.6) is 0 Å². The van der Waals surface area contributed by atoms with E-state index in [1.54, 1.807) is 0 Å². The third kappa shape index (κ3) is 1.66. The molecule has 0 spiro atoms. The summed E-state index contributed by atoms with van der Waals surface area (Å²) in [7, 11) is 0. The van der Waals surface area contributed by atoms with E-state index < -0.39 is 0 Å². The standard InChI is InChI=1S/C14H17NS/c15-13-7-2-1-5-11(13)12-6-3-4-10-8-9-16-14(10)12/h3-4,6,8-9,11,13H,1-2,5,7,15H2. The highest BCUT2D eigenvalue weighted by Crippen LogP contribution is 2.37. The van der Waals surface area contributed by atoms with Crippen molar-refractivity contribution in [1.82, 2.24) is 0 Å². The van der Waals surface area contributed by atoms with E-state index >= 15 is 0 Å². The van der Waals surface area contributed by atoms with Crippen LogP contribution in [-0.4, -0.2) is 6.04 Å². The van der Waals surface area contributed by atoms with Crippen LogP contribution in [0.2, 0.25) is 0 Å². The van der Waals surface area contributed by atoms with Gasteiger partial charge in [0.15, 0.2) is 0 Å². The van der Waals surface area contributed by atoms with Crippen LogP contribution in [-0.2, 0) is 0 Å². The maximum atomic E-state index is 6.28. The maximum Gasteiger partial charge on any atom is 0.0378 e. The van der Waals surface area contributed by atoms with Gasteiger partial charge in [0.25, 0.3) is 0 Å². The second-order valence-electron chi connectivity index (χ2n) is 4.74. The first-order valence-electron chi connectivity index (χ1n) is 6.08. The van der Waals surface area contributed by atoms with Crippen LogP contribution < -0.4 is 5.73 Å². The summed E-state index contributed by atoms with van der Waals surface area (Å²) in [6, 6.07) is 9.21. The van der Waals surface area contributed by atoms with E-state index in [2.05, 4.69) is 29.6 Å². The Hall–Kier alpha value is -0.860. The van der Waals surface area contributed by atoms with Gasteiger partial charge in [0.1, 0.15) is 0 Å². The van der Waals surface area contributed by atoms with Gasteiger partial charge in [0, 0.05) is 16.7 Å². The van der Waals surface area contributed by atoms with E-state index in [0.717, 1.165) is 0 Å². The van der Waals surface area contributed by atoms with Gasteiger partial charge in [-0.05, 0) is 35.2 Å². The molecule has 0 radical (unpaired) electrons. The Morgan fingerprint density at radius 1 is 1.12 bits per heavy atom. The highest BCUT2D eigenvalue weighted by Gasteiger charge is 2.24. The molecule has 1 aliphatic rings. The quantitative estimate of drug-likeness (QED) is 0.791. The third-order valence-electron chi connectivity index (χ3n) is 3.73. The summed E-state index contributed by atoms with van der Waals surface area (Å²) in [4.78, 5) is 0. The summed E-state index contributed by atoms with van der Waals surface area (Å²) < 4.78 is 1.45. The van der Waals surface area contributed by atoms with Crippen molar-refractivity contribution in [2.24, 2.45) is 5.73 Å². The van der Waals surface area contributed by atoms with Gasteiger partial charge in [-0.3, -0.25) is 0 Å². The molecule has 1 aromatic carbocycles. The second-order valence-corrected chi connectivity index (χ2v) is 5.66. The largest absolute Gasteiger partial charge is 0.327 e. The smallest absolute Gasteiger partial charge is 0.0378 e. The molecule has 0 aliphatic heterocycles. The van der Waals surface area contributed by atoms with Crippen LogP contribution in [0.15, 0.2) is 29.6 Å². The molecule has 1 aromatic heterocycles. The SMILES string of the molecule is NC1CCCCC1c1cccc2ccsc12. The average molecular weight is 231 g/mol. The van der Waals surface area contributed by atoms with Crippen LogP contribution in [0.25, 0.3) is 10.1 Å². The van der Waals surface area contributed by atoms with E-state index in [4.69, 9.17) is 5.73 Å². The normalized spacial score (nSPS) is 26.1. The molecule has 2 heteroatoms. The van der Waals surface area contributed by atoms with Crippen LogP contribution in [0.4, 0.5) is 0 Å². The van der Waals surface area contributed by atoms with Crippen LogP contribution in [0.1, 0.15) is 37.2 Å². The van der Waals surface area contributed by atoms with Crippen molar-refractivity contribution in [3.63, 3.8) is 0 Å². The van der Waals surface area contributed by atoms with Gasteiger partial charge in [-0.15, -0.1) is 11.3 Å². The summed E-state index contributed by atoms with van der Waals surface area (Å²) >= 11 is 1.85. The van der Waals surface area contributed by atoms with E-state index in [-0.39, 0.29) is 0 Å². The summed E-state index contributed by atoms with van der Waals surface area (Å²) in [5, 5.41) is 3.56. The highest BCUT2D eigenvalue weighted by atomic mass is 32.1. The highest BCUT2D eigenvalue weighted by molar-refractivity contribution is 7.17. The molecular formula is C14H17NS. The molecule has 1 heterocycles. The molecule has 1 nitrogen and oxygen atoms in total. The fraction of sp³-hybridized carbons (Fsp3) is 0.429. The minimum absolute atomic E-state index is 0.362. The van der Waals surface area contributed by atoms with Crippen molar-refractivity contribution in [3.05, 3.63) is 35.2 Å². The van der Waals surface area contributed by atoms with Gasteiger partial charge in [0.2, 0.25) is 0 Å². The van der Waals surface area contributed by atoms with Gasteiger partial charge in [-0.2, -0.15) is 0 Å². The lowest BCUT2D eigenvalue weighted by atomic mass is 9.80. The van der Waals surface area contributed by atoms with Gasteiger partial charge in [-0.1, -0.05) is 31.0 Å². The minimum atomic E-state index is 0.362. The minimum Gasteiger partial charge on any atom is -0.327 e. The molecule has 2 N–H and O–H groups in total. The van der Waals surface area contributed by atoms with Crippen LogP contribution in [0, 0.1) is 0 Å².